The van der Waals surface area contributed by atoms with E-state index in [0.29, 0.717) is 0 Å². The van der Waals surface area contributed by atoms with Crippen LogP contribution in [0.1, 0.15) is 46.0 Å². The number of rotatable bonds is 9. The van der Waals surface area contributed by atoms with Gasteiger partial charge in [-0.25, -0.2) is 0 Å². The highest BCUT2D eigenvalue weighted by atomic mass is 16.5. The predicted molar refractivity (Wildman–Crippen MR) is 78.0 cm³/mol. The Morgan fingerprint density at radius 2 is 2.00 bits per heavy atom. The maximum atomic E-state index is 5.20. The minimum Gasteiger partial charge on any atom is -0.383 e. The van der Waals surface area contributed by atoms with E-state index in [9.17, 15) is 0 Å². The maximum absolute atomic E-state index is 5.20. The van der Waals surface area contributed by atoms with Crippen molar-refractivity contribution in [1.82, 2.24) is 10.2 Å². The number of methoxy groups -OCH3 is 1. The molecule has 0 aromatic rings. The number of ether oxygens (including phenoxy) is 1. The first-order valence-electron chi connectivity index (χ1n) is 7.76. The van der Waals surface area contributed by atoms with E-state index < -0.39 is 0 Å². The lowest BCUT2D eigenvalue weighted by molar-refractivity contribution is 0.122. The van der Waals surface area contributed by atoms with Crippen molar-refractivity contribution in [2.75, 3.05) is 39.9 Å². The Bertz CT molecular complexity index is 199. The van der Waals surface area contributed by atoms with E-state index in [0.717, 1.165) is 31.7 Å². The van der Waals surface area contributed by atoms with E-state index in [4.69, 9.17) is 4.74 Å². The minimum atomic E-state index is 0.746. The van der Waals surface area contributed by atoms with E-state index in [1.807, 2.05) is 0 Å². The van der Waals surface area contributed by atoms with Crippen LogP contribution in [0.2, 0.25) is 0 Å². The van der Waals surface area contributed by atoms with Crippen molar-refractivity contribution in [2.24, 2.45) is 5.92 Å². The molecule has 108 valence electrons. The second-order valence-corrected chi connectivity index (χ2v) is 5.49. The number of hydrogen-bond acceptors (Lipinski definition) is 3. The zero-order chi connectivity index (χ0) is 13.2. The van der Waals surface area contributed by atoms with Crippen LogP contribution in [0, 0.1) is 5.92 Å². The fourth-order valence-corrected chi connectivity index (χ4v) is 2.96. The van der Waals surface area contributed by atoms with E-state index in [1.165, 1.54) is 45.2 Å². The van der Waals surface area contributed by atoms with Crippen molar-refractivity contribution in [1.29, 1.82) is 0 Å². The van der Waals surface area contributed by atoms with Crippen LogP contribution in [-0.4, -0.2) is 50.8 Å². The van der Waals surface area contributed by atoms with Gasteiger partial charge in [-0.3, -0.25) is 0 Å². The maximum Gasteiger partial charge on any atom is 0.0589 e. The molecule has 0 aliphatic heterocycles. The largest absolute Gasteiger partial charge is 0.383 e. The van der Waals surface area contributed by atoms with Crippen molar-refractivity contribution >= 4 is 0 Å². The molecule has 1 N–H and O–H groups in total. The van der Waals surface area contributed by atoms with Crippen LogP contribution in [-0.2, 0) is 4.74 Å². The lowest BCUT2D eigenvalue weighted by Crippen LogP contribution is -2.45. The summed E-state index contributed by atoms with van der Waals surface area (Å²) in [5, 5.41) is 3.75. The summed E-state index contributed by atoms with van der Waals surface area (Å²) < 4.78 is 5.20. The van der Waals surface area contributed by atoms with Crippen LogP contribution in [0.15, 0.2) is 0 Å². The molecule has 1 aliphatic carbocycles. The topological polar surface area (TPSA) is 24.5 Å². The Labute approximate surface area is 113 Å². The van der Waals surface area contributed by atoms with E-state index in [-0.39, 0.29) is 0 Å². The predicted octanol–water partition coefficient (Wildman–Crippen LogP) is 2.51. The highest BCUT2D eigenvalue weighted by Crippen LogP contribution is 2.25. The fourth-order valence-electron chi connectivity index (χ4n) is 2.96. The molecule has 0 saturated heterocycles. The molecule has 0 aromatic carbocycles. The molecule has 3 nitrogen and oxygen atoms in total. The van der Waals surface area contributed by atoms with Gasteiger partial charge in [-0.15, -0.1) is 0 Å². The van der Waals surface area contributed by atoms with Crippen molar-refractivity contribution in [2.45, 2.75) is 52.0 Å². The first kappa shape index (κ1) is 15.9. The summed E-state index contributed by atoms with van der Waals surface area (Å²) in [5.74, 6) is 0.835. The lowest BCUT2D eigenvalue weighted by atomic mass is 9.84. The molecule has 2 unspecified atom stereocenters. The van der Waals surface area contributed by atoms with Gasteiger partial charge < -0.3 is 15.0 Å². The van der Waals surface area contributed by atoms with Gasteiger partial charge >= 0.3 is 0 Å². The third-order valence-corrected chi connectivity index (χ3v) is 4.12. The summed E-state index contributed by atoms with van der Waals surface area (Å²) in [6, 6.07) is 0.746. The zero-order valence-corrected chi connectivity index (χ0v) is 12.6. The number of likely N-dealkylation sites (N-methyl/N-ethyl adjacent to an activating group) is 1. The normalized spacial score (nSPS) is 24.7. The highest BCUT2D eigenvalue weighted by molar-refractivity contribution is 4.83. The molecule has 1 rings (SSSR count). The van der Waals surface area contributed by atoms with Gasteiger partial charge in [0.05, 0.1) is 6.61 Å². The standard InChI is InChI=1S/C15H32N2O/c1-4-10-16-15-9-7-6-8-14(15)13-17(5-2)11-12-18-3/h14-16H,4-13H2,1-3H3. The number of hydrogen-bond donors (Lipinski definition) is 1. The molecular formula is C15H32N2O. The van der Waals surface area contributed by atoms with Crippen molar-refractivity contribution < 1.29 is 4.74 Å². The summed E-state index contributed by atoms with van der Waals surface area (Å²) in [5.41, 5.74) is 0. The highest BCUT2D eigenvalue weighted by Gasteiger charge is 2.25. The van der Waals surface area contributed by atoms with Gasteiger partial charge in [-0.2, -0.15) is 0 Å². The number of nitrogens with one attached hydrogen (secondary N) is 1. The average molecular weight is 256 g/mol. The summed E-state index contributed by atoms with van der Waals surface area (Å²) >= 11 is 0. The van der Waals surface area contributed by atoms with Gasteiger partial charge in [-0.05, 0) is 38.3 Å². The van der Waals surface area contributed by atoms with Crippen molar-refractivity contribution in [3.8, 4) is 0 Å². The van der Waals surface area contributed by atoms with E-state index in [1.54, 1.807) is 7.11 Å². The van der Waals surface area contributed by atoms with Crippen molar-refractivity contribution in [3.63, 3.8) is 0 Å². The van der Waals surface area contributed by atoms with Gasteiger partial charge in [0.15, 0.2) is 0 Å². The second kappa shape index (κ2) is 9.76. The SMILES string of the molecule is CCCNC1CCCCC1CN(CC)CCOC. The molecular weight excluding hydrogens is 224 g/mol. The first-order chi connectivity index (χ1) is 8.81. The summed E-state index contributed by atoms with van der Waals surface area (Å²) in [7, 11) is 1.79. The van der Waals surface area contributed by atoms with Gasteiger partial charge in [0.2, 0.25) is 0 Å². The molecule has 1 fully saturated rings. The van der Waals surface area contributed by atoms with Crippen LogP contribution >= 0.6 is 0 Å². The molecule has 2 atom stereocenters. The third kappa shape index (κ3) is 5.68. The Balaban J connectivity index is 2.38. The van der Waals surface area contributed by atoms with E-state index >= 15 is 0 Å². The van der Waals surface area contributed by atoms with Crippen LogP contribution in [0.25, 0.3) is 0 Å². The second-order valence-electron chi connectivity index (χ2n) is 5.49. The molecule has 1 saturated carbocycles. The molecule has 0 aromatic heterocycles. The Hall–Kier alpha value is -0.120. The van der Waals surface area contributed by atoms with Gasteiger partial charge in [0.25, 0.3) is 0 Å². The first-order valence-corrected chi connectivity index (χ1v) is 7.76. The van der Waals surface area contributed by atoms with Gasteiger partial charge in [-0.1, -0.05) is 26.7 Å². The zero-order valence-electron chi connectivity index (χ0n) is 12.6. The Morgan fingerprint density at radius 1 is 1.22 bits per heavy atom. The van der Waals surface area contributed by atoms with Crippen LogP contribution in [0.5, 0.6) is 0 Å². The minimum absolute atomic E-state index is 0.746. The lowest BCUT2D eigenvalue weighted by Gasteiger charge is -2.36. The summed E-state index contributed by atoms with van der Waals surface area (Å²) in [4.78, 5) is 2.54. The monoisotopic (exact) mass is 256 g/mol. The Morgan fingerprint density at radius 3 is 2.67 bits per heavy atom. The third-order valence-electron chi connectivity index (χ3n) is 4.12. The molecule has 0 radical (unpaired) electrons. The number of nitrogens with zero attached hydrogens (tertiary/aromatic N) is 1. The Kier molecular flexibility index (Phi) is 8.64. The molecule has 3 heteroatoms. The quantitative estimate of drug-likeness (QED) is 0.686. The molecule has 1 aliphatic rings. The average Bonchev–Trinajstić information content (AvgIpc) is 2.42. The smallest absolute Gasteiger partial charge is 0.0589 e. The van der Waals surface area contributed by atoms with Crippen LogP contribution in [0.4, 0.5) is 0 Å². The fraction of sp³-hybridized carbons (Fsp3) is 1.00. The van der Waals surface area contributed by atoms with Crippen molar-refractivity contribution in [3.05, 3.63) is 0 Å². The van der Waals surface area contributed by atoms with Crippen LogP contribution in [0.3, 0.4) is 0 Å². The van der Waals surface area contributed by atoms with Gasteiger partial charge in [0.1, 0.15) is 0 Å². The molecule has 0 bridgehead atoms. The molecule has 18 heavy (non-hydrogen) atoms. The molecule has 0 amide bonds. The molecule has 0 spiro atoms. The van der Waals surface area contributed by atoms with Gasteiger partial charge in [0, 0.05) is 26.2 Å². The summed E-state index contributed by atoms with van der Waals surface area (Å²) in [6.45, 7) is 9.99. The molecule has 0 heterocycles. The van der Waals surface area contributed by atoms with E-state index in [2.05, 4.69) is 24.1 Å². The summed E-state index contributed by atoms with van der Waals surface area (Å²) in [6.07, 6.45) is 6.82. The van der Waals surface area contributed by atoms with Crippen LogP contribution < -0.4 is 5.32 Å².